The topological polar surface area (TPSA) is 61.4 Å². The molecule has 2 aromatic rings. The summed E-state index contributed by atoms with van der Waals surface area (Å²) in [6.07, 6.45) is 1.70. The smallest absolute Gasteiger partial charge is 0.269 e. The van der Waals surface area contributed by atoms with Gasteiger partial charge in [0, 0.05) is 24.3 Å². The van der Waals surface area contributed by atoms with Crippen LogP contribution in [-0.4, -0.2) is 35.1 Å². The maximum atomic E-state index is 14.6. The van der Waals surface area contributed by atoms with Crippen molar-refractivity contribution in [2.45, 2.75) is 38.9 Å². The van der Waals surface area contributed by atoms with Crippen molar-refractivity contribution < 1.29 is 14.0 Å². The molecule has 0 unspecified atom stereocenters. The lowest BCUT2D eigenvalue weighted by Crippen LogP contribution is -2.43. The van der Waals surface area contributed by atoms with Crippen LogP contribution in [0.1, 0.15) is 42.6 Å². The molecule has 0 atom stereocenters. The van der Waals surface area contributed by atoms with E-state index >= 15 is 0 Å². The van der Waals surface area contributed by atoms with Gasteiger partial charge in [-0.05, 0) is 48.6 Å². The molecule has 1 aliphatic rings. The number of piperidine rings is 1. The molecule has 30 heavy (non-hydrogen) atoms. The molecule has 7 heteroatoms. The van der Waals surface area contributed by atoms with E-state index in [1.807, 2.05) is 49.1 Å². The highest BCUT2D eigenvalue weighted by Crippen LogP contribution is 2.25. The normalized spacial score (nSPS) is 14.8. The van der Waals surface area contributed by atoms with Crippen molar-refractivity contribution in [3.63, 3.8) is 0 Å². The molecule has 160 valence electrons. The van der Waals surface area contributed by atoms with Gasteiger partial charge >= 0.3 is 0 Å². The van der Waals surface area contributed by atoms with Crippen LogP contribution >= 0.6 is 11.9 Å². The molecule has 2 N–H and O–H groups in total. The second-order valence-electron chi connectivity index (χ2n) is 7.87. The van der Waals surface area contributed by atoms with Crippen molar-refractivity contribution in [2.75, 3.05) is 13.1 Å². The molecule has 0 bridgehead atoms. The number of likely N-dealkylation sites (tertiary alicyclic amines) is 1. The summed E-state index contributed by atoms with van der Waals surface area (Å²) in [6.45, 7) is 6.92. The molecule has 0 saturated carbocycles. The van der Waals surface area contributed by atoms with Crippen molar-refractivity contribution in [3.05, 3.63) is 59.4 Å². The quantitative estimate of drug-likeness (QED) is 0.530. The summed E-state index contributed by atoms with van der Waals surface area (Å²) in [5, 5.41) is 0.281. The first-order chi connectivity index (χ1) is 14.4. The van der Waals surface area contributed by atoms with Gasteiger partial charge in [0.2, 0.25) is 5.91 Å². The van der Waals surface area contributed by atoms with Gasteiger partial charge in [-0.25, -0.2) is 4.39 Å². The molecule has 3 rings (SSSR count). The zero-order chi connectivity index (χ0) is 21.7. The predicted octanol–water partition coefficient (Wildman–Crippen LogP) is 4.33. The van der Waals surface area contributed by atoms with Gasteiger partial charge in [0.25, 0.3) is 5.91 Å². The van der Waals surface area contributed by atoms with Crippen LogP contribution in [0.2, 0.25) is 0 Å². The first-order valence-corrected chi connectivity index (χ1v) is 11.1. The van der Waals surface area contributed by atoms with E-state index < -0.39 is 11.7 Å². The molecule has 5 nitrogen and oxygen atoms in total. The Hall–Kier alpha value is -2.38. The van der Waals surface area contributed by atoms with Crippen molar-refractivity contribution in [2.24, 2.45) is 5.92 Å². The van der Waals surface area contributed by atoms with Gasteiger partial charge in [-0.3, -0.25) is 15.0 Å². The van der Waals surface area contributed by atoms with E-state index in [1.54, 1.807) is 19.1 Å². The third-order valence-electron chi connectivity index (χ3n) is 5.24. The Morgan fingerprint density at radius 3 is 2.40 bits per heavy atom. The fourth-order valence-corrected chi connectivity index (χ4v) is 4.28. The standard InChI is InChI=1S/C23H28FN3O2S/c1-15(2)23(29)27-11-9-19(10-12-27)30-26-25-22(28)20-14-18(13-16(3)21(20)24)17-7-5-4-6-8-17/h4-8,13-15,19,26H,9-12H2,1-3H3,(H,25,28). The molecule has 0 aliphatic carbocycles. The average molecular weight is 430 g/mol. The summed E-state index contributed by atoms with van der Waals surface area (Å²) in [5.74, 6) is -0.826. The van der Waals surface area contributed by atoms with Gasteiger partial charge in [0.05, 0.1) is 5.56 Å². The number of hydrogen-bond donors (Lipinski definition) is 2. The lowest BCUT2D eigenvalue weighted by molar-refractivity contribution is -0.135. The second kappa shape index (κ2) is 10.1. The number of carbonyl (C=O) groups is 2. The number of carbonyl (C=O) groups excluding carboxylic acids is 2. The van der Waals surface area contributed by atoms with Gasteiger partial charge in [-0.15, -0.1) is 0 Å². The Morgan fingerprint density at radius 2 is 1.77 bits per heavy atom. The molecular weight excluding hydrogens is 401 g/mol. The van der Waals surface area contributed by atoms with E-state index in [0.717, 1.165) is 37.1 Å². The molecule has 0 spiro atoms. The Morgan fingerprint density at radius 1 is 1.10 bits per heavy atom. The van der Waals surface area contributed by atoms with Crippen LogP contribution in [0.25, 0.3) is 11.1 Å². The van der Waals surface area contributed by atoms with E-state index in [2.05, 4.69) is 10.3 Å². The van der Waals surface area contributed by atoms with Crippen LogP contribution < -0.4 is 10.3 Å². The number of nitrogens with zero attached hydrogens (tertiary/aromatic N) is 1. The lowest BCUT2D eigenvalue weighted by atomic mass is 9.99. The van der Waals surface area contributed by atoms with E-state index in [0.29, 0.717) is 5.56 Å². The SMILES string of the molecule is Cc1cc(-c2ccccc2)cc(C(=O)NNSC2CCN(C(=O)C(C)C)CC2)c1F. The number of amides is 2. The third-order valence-corrected chi connectivity index (χ3v) is 6.27. The number of benzene rings is 2. The zero-order valence-corrected chi connectivity index (χ0v) is 18.4. The number of aryl methyl sites for hydroxylation is 1. The summed E-state index contributed by atoms with van der Waals surface area (Å²) < 4.78 is 14.6. The van der Waals surface area contributed by atoms with Gasteiger partial charge in [0.15, 0.2) is 0 Å². The number of hydrogen-bond acceptors (Lipinski definition) is 4. The van der Waals surface area contributed by atoms with Crippen LogP contribution in [0.5, 0.6) is 0 Å². The molecule has 2 amide bonds. The Labute approximate surface area is 181 Å². The highest BCUT2D eigenvalue weighted by molar-refractivity contribution is 7.98. The fraction of sp³-hybridized carbons (Fsp3) is 0.391. The van der Waals surface area contributed by atoms with E-state index in [1.165, 1.54) is 11.9 Å². The predicted molar refractivity (Wildman–Crippen MR) is 119 cm³/mol. The minimum absolute atomic E-state index is 0.0108. The van der Waals surface area contributed by atoms with Crippen LogP contribution in [0.3, 0.4) is 0 Å². The van der Waals surface area contributed by atoms with Crippen LogP contribution in [-0.2, 0) is 4.79 Å². The third kappa shape index (κ3) is 5.40. The molecule has 1 heterocycles. The number of hydrazine groups is 1. The largest absolute Gasteiger partial charge is 0.342 e. The van der Waals surface area contributed by atoms with Crippen molar-refractivity contribution in [1.82, 2.24) is 15.2 Å². The average Bonchev–Trinajstić information content (AvgIpc) is 2.76. The van der Waals surface area contributed by atoms with E-state index in [4.69, 9.17) is 0 Å². The number of nitrogens with one attached hydrogen (secondary N) is 2. The van der Waals surface area contributed by atoms with Gasteiger partial charge < -0.3 is 4.90 Å². The maximum Gasteiger partial charge on any atom is 0.269 e. The summed E-state index contributed by atoms with van der Waals surface area (Å²) in [6, 6.07) is 12.9. The molecule has 0 aromatic heterocycles. The first kappa shape index (κ1) is 22.3. The summed E-state index contributed by atoms with van der Waals surface area (Å²) in [5.41, 5.74) is 4.77. The number of rotatable bonds is 6. The lowest BCUT2D eigenvalue weighted by Gasteiger charge is -2.32. The van der Waals surface area contributed by atoms with Crippen molar-refractivity contribution >= 4 is 23.8 Å². The second-order valence-corrected chi connectivity index (χ2v) is 8.98. The Bertz CT molecular complexity index is 897. The fourth-order valence-electron chi connectivity index (χ4n) is 3.52. The van der Waals surface area contributed by atoms with Gasteiger partial charge in [-0.1, -0.05) is 56.1 Å². The summed E-state index contributed by atoms with van der Waals surface area (Å²) >= 11 is 1.41. The minimum atomic E-state index is -0.514. The van der Waals surface area contributed by atoms with E-state index in [9.17, 15) is 14.0 Å². The summed E-state index contributed by atoms with van der Waals surface area (Å²) in [7, 11) is 0. The van der Waals surface area contributed by atoms with Crippen LogP contribution in [0.4, 0.5) is 4.39 Å². The van der Waals surface area contributed by atoms with Gasteiger partial charge in [0.1, 0.15) is 5.82 Å². The monoisotopic (exact) mass is 429 g/mol. The number of halogens is 1. The highest BCUT2D eigenvalue weighted by Gasteiger charge is 2.25. The zero-order valence-electron chi connectivity index (χ0n) is 17.6. The molecule has 0 radical (unpaired) electrons. The summed E-state index contributed by atoms with van der Waals surface area (Å²) in [4.78, 5) is 29.4. The maximum absolute atomic E-state index is 14.6. The molecule has 1 fully saturated rings. The minimum Gasteiger partial charge on any atom is -0.342 e. The Kier molecular flexibility index (Phi) is 7.50. The molecule has 1 aliphatic heterocycles. The highest BCUT2D eigenvalue weighted by atomic mass is 32.2. The molecule has 2 aromatic carbocycles. The van der Waals surface area contributed by atoms with E-state index in [-0.39, 0.29) is 22.6 Å². The Balaban J connectivity index is 1.56. The molecule has 1 saturated heterocycles. The van der Waals surface area contributed by atoms with Crippen LogP contribution in [0, 0.1) is 18.7 Å². The van der Waals surface area contributed by atoms with Gasteiger partial charge in [-0.2, -0.15) is 4.83 Å². The van der Waals surface area contributed by atoms with Crippen molar-refractivity contribution in [3.8, 4) is 11.1 Å². The van der Waals surface area contributed by atoms with Crippen LogP contribution in [0.15, 0.2) is 42.5 Å². The van der Waals surface area contributed by atoms with Crippen molar-refractivity contribution in [1.29, 1.82) is 0 Å². The molecular formula is C23H28FN3O2S. The first-order valence-electron chi connectivity index (χ1n) is 10.2.